The number of aliphatic hydroxyl groups excluding tert-OH is 16. The van der Waals surface area contributed by atoms with E-state index in [4.69, 9.17) is 47.4 Å². The maximum Gasteiger partial charge on any atom is 0.364 e. The third kappa shape index (κ3) is 23.7. The zero-order chi connectivity index (χ0) is 88.8. The molecule has 0 aliphatic carbocycles. The van der Waals surface area contributed by atoms with Gasteiger partial charge in [0.05, 0.1) is 93.6 Å². The van der Waals surface area contributed by atoms with E-state index in [9.17, 15) is 130 Å². The monoisotopic (exact) mass is 1720 g/mol. The van der Waals surface area contributed by atoms with Gasteiger partial charge in [0.1, 0.15) is 110 Å². The first kappa shape index (κ1) is 96.4. The summed E-state index contributed by atoms with van der Waals surface area (Å²) < 4.78 is 57.1. The molecule has 121 heavy (non-hydrogen) atoms. The molecule has 6 amide bonds. The van der Waals surface area contributed by atoms with Crippen LogP contribution in [0.4, 0.5) is 0 Å². The van der Waals surface area contributed by atoms with Crippen LogP contribution in [0.5, 0.6) is 0 Å². The van der Waals surface area contributed by atoms with Gasteiger partial charge in [-0.05, 0) is 53.8 Å². The first-order valence-electron chi connectivity index (χ1n) is 38.9. The van der Waals surface area contributed by atoms with Crippen molar-refractivity contribution in [1.82, 2.24) is 31.9 Å². The Hall–Kier alpha value is -8.40. The zero-order valence-corrected chi connectivity index (χ0v) is 66.5. The van der Waals surface area contributed by atoms with E-state index in [1.165, 1.54) is 27.7 Å². The van der Waals surface area contributed by atoms with Gasteiger partial charge in [-0.3, -0.25) is 28.8 Å². The SMILES string of the molecule is CC(=O)NC1[C@H](C)OC(CO)[C@@H](O[C@@H]2OC(CO[C@]3(C(=O)O)C[C@@H](O)[C@@H](NC(C)=O)C([C@H](O)[C@H](O)CNC(=O)Cc4ccc(-c5ccccc5)cc4)O3)[C@H](O)[C@H](O)C2O)[C@@H]1O.CC(=O)NC1[C@H](C)OC(CO)[C@@H](O[C@@H]2OC(CO[C@]3(C(=O)O)C[C@@H](O)[C@@H](NC(C)=O)C([C@H](O)[C@H](O)CNC(=O)c4ccc(-c5ccccc5)cc4)O3)[C@H](O)[C@H](O)C2O)[C@@H]1O. The largest absolute Gasteiger partial charge is 0.477 e. The molecular weight excluding hydrogens is 1610 g/mol. The Bertz CT molecular complexity index is 4080. The van der Waals surface area contributed by atoms with Crippen molar-refractivity contribution >= 4 is 47.4 Å². The number of aliphatic hydroxyl groups is 16. The minimum Gasteiger partial charge on any atom is -0.477 e. The number of hydrogen-bond acceptors (Lipinski definition) is 34. The van der Waals surface area contributed by atoms with Crippen LogP contribution in [0, 0.1) is 0 Å². The maximum absolute atomic E-state index is 13.0. The Morgan fingerprint density at radius 1 is 0.430 bits per heavy atom. The van der Waals surface area contributed by atoms with Crippen molar-refractivity contribution in [2.75, 3.05) is 39.5 Å². The van der Waals surface area contributed by atoms with Crippen LogP contribution in [-0.4, -0.2) is 374 Å². The molecule has 670 valence electrons. The van der Waals surface area contributed by atoms with Crippen LogP contribution in [0.1, 0.15) is 70.3 Å². The van der Waals surface area contributed by atoms with Gasteiger partial charge < -0.3 is 171 Å². The summed E-state index contributed by atoms with van der Waals surface area (Å²) in [6.07, 6.45) is -46.5. The van der Waals surface area contributed by atoms with Crippen molar-refractivity contribution in [2.45, 2.75) is 256 Å². The molecule has 6 saturated heterocycles. The molecule has 10 unspecified atom stereocenters. The lowest BCUT2D eigenvalue weighted by Gasteiger charge is -2.48. The van der Waals surface area contributed by atoms with Gasteiger partial charge in [0.15, 0.2) is 12.6 Å². The normalized spacial score (nSPS) is 35.2. The third-order valence-corrected chi connectivity index (χ3v) is 21.6. The number of benzene rings is 4. The Kier molecular flexibility index (Phi) is 34.1. The molecule has 0 spiro atoms. The van der Waals surface area contributed by atoms with Crippen LogP contribution < -0.4 is 31.9 Å². The Morgan fingerprint density at radius 2 is 0.777 bits per heavy atom. The number of carbonyl (C=O) groups excluding carboxylic acids is 6. The van der Waals surface area contributed by atoms with Crippen LogP contribution in [-0.2, 0) is 87.4 Å². The van der Waals surface area contributed by atoms with E-state index in [0.29, 0.717) is 5.56 Å². The van der Waals surface area contributed by atoms with Crippen LogP contribution in [0.2, 0.25) is 0 Å². The number of carbonyl (C=O) groups is 8. The van der Waals surface area contributed by atoms with Gasteiger partial charge in [-0.1, -0.05) is 97.1 Å². The second-order valence-corrected chi connectivity index (χ2v) is 30.5. The molecule has 42 nitrogen and oxygen atoms in total. The van der Waals surface area contributed by atoms with E-state index in [2.05, 4.69) is 31.9 Å². The van der Waals surface area contributed by atoms with Crippen LogP contribution >= 0.6 is 0 Å². The second-order valence-electron chi connectivity index (χ2n) is 30.5. The van der Waals surface area contributed by atoms with Gasteiger partial charge >= 0.3 is 11.9 Å². The molecule has 10 rings (SSSR count). The molecule has 0 bridgehead atoms. The number of hydrogen-bond donors (Lipinski definition) is 24. The maximum atomic E-state index is 13.0. The summed E-state index contributed by atoms with van der Waals surface area (Å²) in [6.45, 7) is 3.12. The van der Waals surface area contributed by atoms with Crippen molar-refractivity contribution < 1.29 is 178 Å². The minimum absolute atomic E-state index is 0.0957. The van der Waals surface area contributed by atoms with E-state index in [1.807, 2.05) is 72.8 Å². The smallest absolute Gasteiger partial charge is 0.364 e. The molecule has 4 aromatic carbocycles. The van der Waals surface area contributed by atoms with Crippen LogP contribution in [0.3, 0.4) is 0 Å². The first-order valence-corrected chi connectivity index (χ1v) is 38.9. The number of carboxylic acid groups (broad SMARTS) is 2. The van der Waals surface area contributed by atoms with E-state index < -0.39 is 295 Å². The summed E-state index contributed by atoms with van der Waals surface area (Å²) in [6, 6.07) is 27.6. The van der Waals surface area contributed by atoms with Crippen molar-refractivity contribution in [2.24, 2.45) is 0 Å². The molecule has 32 atom stereocenters. The minimum atomic E-state index is -2.87. The average molecular weight is 1720 g/mol. The number of aliphatic carboxylic acids is 2. The fraction of sp³-hybridized carbons (Fsp3) is 0.595. The summed E-state index contributed by atoms with van der Waals surface area (Å²) in [7, 11) is 0. The van der Waals surface area contributed by atoms with Crippen molar-refractivity contribution in [1.29, 1.82) is 0 Å². The third-order valence-electron chi connectivity index (χ3n) is 21.6. The zero-order valence-electron chi connectivity index (χ0n) is 66.5. The molecular formula is C79H108N6O36. The summed E-state index contributed by atoms with van der Waals surface area (Å²) in [5.41, 5.74) is 4.54. The summed E-state index contributed by atoms with van der Waals surface area (Å²) in [5, 5.41) is 209. The predicted octanol–water partition coefficient (Wildman–Crippen LogP) is -7.88. The molecule has 0 aromatic heterocycles. The van der Waals surface area contributed by atoms with Gasteiger partial charge in [-0.25, -0.2) is 9.59 Å². The van der Waals surface area contributed by atoms with E-state index >= 15 is 0 Å². The van der Waals surface area contributed by atoms with Crippen molar-refractivity contribution in [3.8, 4) is 22.3 Å². The standard InChI is InChI=1S/C40H55N3O18.C39H53N3O18/c1-18-29(42-19(2)45)33(52)36(26(16-44)58-18)60-38-35(54)34(53)32(51)27(59-38)17-57-40(39(55)56)14-24(47)30(43-20(3)46)37(61-40)31(50)25(48)15-41-28(49)13-21-9-11-23(12-10-21)22-7-5-4-6-8-22;1-17-27(41-18(2)44)31(50)34(25(15-43)57-17)59-37-33(52)32(51)30(49)26(58-37)16-56-39(38(54)55)13-23(46)28(42-19(3)45)35(60-39)29(48)24(47)14-40-36(53)22-11-9-21(10-12-22)20-7-5-4-6-8-20/h4-12,18,24-27,29-38,44,47-48,50-54H,13-17H2,1-3H3,(H,41,49)(H,42,45)(H,43,46)(H,55,56);4-12,17,23-35,37,43,46-52H,13-16H2,1-3H3,(H,40,53)(H,41,44)(H,42,45)(H,54,55)/t18-,24+,25+,26?,27?,29?,30+,31+,32-,33+,34-,35?,36+,37?,38-,40+;17-,23+,24+,25?,26?,27?,28+,29+,30-,31+,32-,33?,34+,35?,37-,39+/m00/s1. The molecule has 6 aliphatic heterocycles. The summed E-state index contributed by atoms with van der Waals surface area (Å²) >= 11 is 0. The molecule has 6 heterocycles. The molecule has 0 radical (unpaired) electrons. The molecule has 4 aromatic rings. The van der Waals surface area contributed by atoms with E-state index in [-0.39, 0.29) is 12.0 Å². The van der Waals surface area contributed by atoms with Gasteiger partial charge in [0.25, 0.3) is 17.5 Å². The second kappa shape index (κ2) is 42.8. The van der Waals surface area contributed by atoms with Crippen LogP contribution in [0.25, 0.3) is 22.3 Å². The number of amides is 6. The lowest BCUT2D eigenvalue weighted by molar-refractivity contribution is -0.353. The highest BCUT2D eigenvalue weighted by molar-refractivity contribution is 5.94. The topological polar surface area (TPSA) is 665 Å². The molecule has 6 fully saturated rings. The molecule has 24 N–H and O–H groups in total. The number of nitrogens with one attached hydrogen (secondary N) is 6. The quantitative estimate of drug-likeness (QED) is 0.0222. The summed E-state index contributed by atoms with van der Waals surface area (Å²) in [4.78, 5) is 99.3. The fourth-order valence-corrected chi connectivity index (χ4v) is 15.1. The first-order chi connectivity index (χ1) is 57.2. The Labute approximate surface area is 692 Å². The predicted molar refractivity (Wildman–Crippen MR) is 409 cm³/mol. The van der Waals surface area contributed by atoms with Crippen LogP contribution in [0.15, 0.2) is 109 Å². The Morgan fingerprint density at radius 3 is 1.13 bits per heavy atom. The van der Waals surface area contributed by atoms with E-state index in [0.717, 1.165) is 36.1 Å². The highest BCUT2D eigenvalue weighted by Gasteiger charge is 2.60. The van der Waals surface area contributed by atoms with Gasteiger partial charge in [-0.15, -0.1) is 0 Å². The lowest BCUT2D eigenvalue weighted by atomic mass is 9.88. The molecule has 0 saturated carbocycles. The van der Waals surface area contributed by atoms with E-state index in [1.54, 1.807) is 36.4 Å². The molecule has 42 heteroatoms. The van der Waals surface area contributed by atoms with Crippen molar-refractivity contribution in [3.05, 3.63) is 120 Å². The van der Waals surface area contributed by atoms with Crippen molar-refractivity contribution in [3.63, 3.8) is 0 Å². The van der Waals surface area contributed by atoms with Gasteiger partial charge in [-0.2, -0.15) is 0 Å². The highest BCUT2D eigenvalue weighted by Crippen LogP contribution is 2.39. The van der Waals surface area contributed by atoms with Gasteiger partial charge in [0.2, 0.25) is 29.5 Å². The average Bonchev–Trinajstić information content (AvgIpc) is 0.759. The lowest BCUT2D eigenvalue weighted by Crippen LogP contribution is -2.69. The molecule has 6 aliphatic rings. The van der Waals surface area contributed by atoms with Gasteiger partial charge in [0, 0.05) is 59.2 Å². The number of carboxylic acids is 2. The Balaban J connectivity index is 0.000000275. The highest BCUT2D eigenvalue weighted by atomic mass is 16.8. The number of rotatable bonds is 31. The number of ether oxygens (including phenoxy) is 10. The summed E-state index contributed by atoms with van der Waals surface area (Å²) in [5.74, 6) is -13.1. The fourth-order valence-electron chi connectivity index (χ4n) is 15.1.